The van der Waals surface area contributed by atoms with Crippen LogP contribution in [-0.2, 0) is 9.59 Å². The fourth-order valence-corrected chi connectivity index (χ4v) is 10.5. The Morgan fingerprint density at radius 1 is 0.935 bits per heavy atom. The molecule has 7 rings (SSSR count). The number of carbonyl (C=O) groups excluding carboxylic acids is 2. The summed E-state index contributed by atoms with van der Waals surface area (Å²) in [5.74, 6) is 0.224. The minimum absolute atomic E-state index is 0.0195. The average Bonchev–Trinajstić information content (AvgIpc) is 3.56. The number of aromatic nitrogens is 1. The first-order valence-corrected chi connectivity index (χ1v) is 13.1. The maximum Gasteiger partial charge on any atom is 0.305 e. The van der Waals surface area contributed by atoms with E-state index in [1.165, 1.54) is 21.1 Å². The summed E-state index contributed by atoms with van der Waals surface area (Å²) in [5.41, 5.74) is 0.681. The van der Waals surface area contributed by atoms with Gasteiger partial charge in [0, 0.05) is 20.9 Å². The molecule has 2 aliphatic heterocycles. The van der Waals surface area contributed by atoms with Crippen molar-refractivity contribution in [2.24, 2.45) is 29.6 Å². The smallest absolute Gasteiger partial charge is 0.305 e. The summed E-state index contributed by atoms with van der Waals surface area (Å²) in [6, 6.07) is 13.5. The standard InChI is InChI=1S/C23H18N2O3S3/c26-21-15-11-9-12(16(15)22(27)25(21)10-5-2-1-3-6-10)18-14(11)17(13-7-4-8-29-13)19-20(30-18)24-23(28)31-19/h1-8,11-12,14-18H,9H2,(H,24,28)/t11-,12-,14-,15+,16-,17-,18+/m0/s1. The molecule has 3 aromatic rings. The van der Waals surface area contributed by atoms with E-state index in [1.807, 2.05) is 30.3 Å². The third-order valence-corrected chi connectivity index (χ3v) is 11.1. The maximum atomic E-state index is 13.6. The van der Waals surface area contributed by atoms with Gasteiger partial charge in [0.15, 0.2) is 0 Å². The molecule has 2 saturated carbocycles. The number of nitrogens with one attached hydrogen (secondary N) is 1. The van der Waals surface area contributed by atoms with Crippen molar-refractivity contribution in [3.05, 3.63) is 67.3 Å². The Labute approximate surface area is 190 Å². The normalized spacial score (nSPS) is 35.4. The molecular formula is C23H18N2O3S3. The molecule has 0 unspecified atom stereocenters. The summed E-state index contributed by atoms with van der Waals surface area (Å²) < 4.78 is 0. The van der Waals surface area contributed by atoms with Gasteiger partial charge in [-0.15, -0.1) is 23.1 Å². The Hall–Kier alpha value is -2.16. The van der Waals surface area contributed by atoms with Crippen LogP contribution in [0.25, 0.3) is 0 Å². The molecule has 31 heavy (non-hydrogen) atoms. The van der Waals surface area contributed by atoms with Crippen molar-refractivity contribution in [1.29, 1.82) is 0 Å². The van der Waals surface area contributed by atoms with Crippen LogP contribution in [0.1, 0.15) is 22.1 Å². The highest BCUT2D eigenvalue weighted by molar-refractivity contribution is 8.00. The van der Waals surface area contributed by atoms with E-state index in [1.54, 1.807) is 23.1 Å². The van der Waals surface area contributed by atoms with Crippen molar-refractivity contribution in [3.8, 4) is 0 Å². The number of anilines is 1. The lowest BCUT2D eigenvalue weighted by atomic mass is 9.69. The van der Waals surface area contributed by atoms with Gasteiger partial charge in [0.2, 0.25) is 11.8 Å². The lowest BCUT2D eigenvalue weighted by Crippen LogP contribution is -2.42. The molecule has 3 fully saturated rings. The Balaban J connectivity index is 1.34. The highest BCUT2D eigenvalue weighted by Gasteiger charge is 2.69. The second-order valence-electron chi connectivity index (χ2n) is 8.82. The number of para-hydroxylation sites is 1. The molecule has 4 heterocycles. The topological polar surface area (TPSA) is 70.2 Å². The molecule has 1 N–H and O–H groups in total. The third kappa shape index (κ3) is 2.36. The molecule has 0 spiro atoms. The van der Waals surface area contributed by atoms with E-state index in [9.17, 15) is 14.4 Å². The van der Waals surface area contributed by atoms with Crippen LogP contribution in [0.15, 0.2) is 57.7 Å². The van der Waals surface area contributed by atoms with Crippen molar-refractivity contribution in [3.63, 3.8) is 0 Å². The molecule has 1 aromatic carbocycles. The number of thioether (sulfide) groups is 1. The van der Waals surface area contributed by atoms with Crippen LogP contribution in [-0.4, -0.2) is 22.0 Å². The molecule has 7 atom stereocenters. The number of carbonyl (C=O) groups is 2. The molecule has 5 nitrogen and oxygen atoms in total. The molecule has 2 aliphatic carbocycles. The monoisotopic (exact) mass is 466 g/mol. The van der Waals surface area contributed by atoms with Crippen LogP contribution < -0.4 is 9.77 Å². The molecule has 4 aliphatic rings. The average molecular weight is 467 g/mol. The van der Waals surface area contributed by atoms with Gasteiger partial charge in [0.25, 0.3) is 0 Å². The van der Waals surface area contributed by atoms with Gasteiger partial charge in [-0.25, -0.2) is 0 Å². The first-order chi connectivity index (χ1) is 15.1. The van der Waals surface area contributed by atoms with Crippen LogP contribution in [0.3, 0.4) is 0 Å². The number of nitrogens with zero attached hydrogens (tertiary/aromatic N) is 1. The van der Waals surface area contributed by atoms with Crippen LogP contribution >= 0.6 is 34.4 Å². The number of H-pyrrole nitrogens is 1. The zero-order valence-corrected chi connectivity index (χ0v) is 18.7. The van der Waals surface area contributed by atoms with Crippen LogP contribution in [0.2, 0.25) is 0 Å². The van der Waals surface area contributed by atoms with Gasteiger partial charge < -0.3 is 4.98 Å². The van der Waals surface area contributed by atoms with Crippen LogP contribution in [0.5, 0.6) is 0 Å². The number of thiophene rings is 1. The van der Waals surface area contributed by atoms with Crippen LogP contribution in [0, 0.1) is 29.6 Å². The van der Waals surface area contributed by atoms with Gasteiger partial charge in [0.05, 0.1) is 22.5 Å². The largest absolute Gasteiger partial charge is 0.307 e. The SMILES string of the molecule is O=C1[C@@H]2[C@H]3C[C@H]([C@H]4Sc5[nH]c(=O)sc5[C@@H](c5cccs5)[C@H]34)[C@@H]2C(=O)N1c1ccccc1. The summed E-state index contributed by atoms with van der Waals surface area (Å²) in [6.07, 6.45) is 0.929. The van der Waals surface area contributed by atoms with Crippen molar-refractivity contribution in [2.75, 3.05) is 4.90 Å². The van der Waals surface area contributed by atoms with Crippen molar-refractivity contribution in [1.82, 2.24) is 4.98 Å². The number of hydrogen-bond donors (Lipinski definition) is 1. The Kier molecular flexibility index (Phi) is 3.82. The number of amides is 2. The second-order valence-corrected chi connectivity index (χ2v) is 12.0. The summed E-state index contributed by atoms with van der Waals surface area (Å²) in [7, 11) is 0. The van der Waals surface area contributed by atoms with E-state index in [0.29, 0.717) is 5.69 Å². The summed E-state index contributed by atoms with van der Waals surface area (Å²) >= 11 is 4.77. The fraction of sp³-hybridized carbons (Fsp3) is 0.348. The summed E-state index contributed by atoms with van der Waals surface area (Å²) in [6.45, 7) is 0. The summed E-state index contributed by atoms with van der Waals surface area (Å²) in [5, 5.41) is 3.30. The number of rotatable bonds is 2. The van der Waals surface area contributed by atoms with E-state index in [4.69, 9.17) is 0 Å². The highest BCUT2D eigenvalue weighted by Crippen LogP contribution is 2.68. The molecular weight excluding hydrogens is 448 g/mol. The number of fused-ring (bicyclic) bond motifs is 9. The van der Waals surface area contributed by atoms with E-state index in [-0.39, 0.29) is 57.4 Å². The molecule has 156 valence electrons. The van der Waals surface area contributed by atoms with Gasteiger partial charge in [-0.05, 0) is 47.8 Å². The number of thiazole rings is 1. The Bertz CT molecular complexity index is 1260. The number of benzene rings is 1. The van der Waals surface area contributed by atoms with E-state index in [2.05, 4.69) is 22.5 Å². The molecule has 0 radical (unpaired) electrons. The highest BCUT2D eigenvalue weighted by atomic mass is 32.2. The fourth-order valence-electron chi connectivity index (χ4n) is 6.64. The van der Waals surface area contributed by atoms with Crippen LogP contribution in [0.4, 0.5) is 5.69 Å². The van der Waals surface area contributed by atoms with Crippen molar-refractivity contribution in [2.45, 2.75) is 22.6 Å². The molecule has 2 aromatic heterocycles. The van der Waals surface area contributed by atoms with Crippen molar-refractivity contribution >= 4 is 51.9 Å². The summed E-state index contributed by atoms with van der Waals surface area (Å²) in [4.78, 5) is 46.1. The van der Waals surface area contributed by atoms with Gasteiger partial charge in [-0.3, -0.25) is 19.3 Å². The number of imide groups is 1. The zero-order valence-electron chi connectivity index (χ0n) is 16.3. The number of aromatic amines is 1. The predicted octanol–water partition coefficient (Wildman–Crippen LogP) is 4.18. The first kappa shape index (κ1) is 18.4. The molecule has 2 amide bonds. The molecule has 1 saturated heterocycles. The van der Waals surface area contributed by atoms with Gasteiger partial charge in [0.1, 0.15) is 0 Å². The second kappa shape index (κ2) is 6.43. The minimum Gasteiger partial charge on any atom is -0.307 e. The number of hydrogen-bond acceptors (Lipinski definition) is 6. The third-order valence-electron chi connectivity index (χ3n) is 7.59. The zero-order chi connectivity index (χ0) is 20.9. The van der Waals surface area contributed by atoms with Gasteiger partial charge in [-0.1, -0.05) is 35.6 Å². The van der Waals surface area contributed by atoms with Crippen molar-refractivity contribution < 1.29 is 9.59 Å². The van der Waals surface area contributed by atoms with Gasteiger partial charge >= 0.3 is 4.87 Å². The van der Waals surface area contributed by atoms with Gasteiger partial charge in [-0.2, -0.15) is 0 Å². The van der Waals surface area contributed by atoms with E-state index >= 15 is 0 Å². The Morgan fingerprint density at radius 3 is 2.45 bits per heavy atom. The van der Waals surface area contributed by atoms with E-state index < -0.39 is 0 Å². The minimum atomic E-state index is -0.237. The quantitative estimate of drug-likeness (QED) is 0.576. The lowest BCUT2D eigenvalue weighted by molar-refractivity contribution is -0.123. The maximum absolute atomic E-state index is 13.6. The predicted molar refractivity (Wildman–Crippen MR) is 122 cm³/mol. The molecule has 8 heteroatoms. The first-order valence-electron chi connectivity index (χ1n) is 10.5. The van der Waals surface area contributed by atoms with E-state index in [0.717, 1.165) is 16.3 Å². The molecule has 2 bridgehead atoms. The lowest BCUT2D eigenvalue weighted by Gasteiger charge is -2.42. The Morgan fingerprint density at radius 2 is 1.71 bits per heavy atom.